The number of rotatable bonds is 13. The number of benzene rings is 4. The lowest BCUT2D eigenvalue weighted by molar-refractivity contribution is 0.166. The molecular formula is C34H33F3O3. The van der Waals surface area contributed by atoms with Crippen LogP contribution in [0.1, 0.15) is 49.8 Å². The minimum Gasteiger partial charge on any atom is -0.493 e. The molecule has 208 valence electrons. The van der Waals surface area contributed by atoms with E-state index < -0.39 is 23.6 Å². The van der Waals surface area contributed by atoms with Crippen LogP contribution in [0.25, 0.3) is 22.3 Å². The molecule has 0 saturated heterocycles. The summed E-state index contributed by atoms with van der Waals surface area (Å²) >= 11 is 0. The molecule has 1 atom stereocenters. The Morgan fingerprint density at radius 3 is 2.17 bits per heavy atom. The third-order valence-corrected chi connectivity index (χ3v) is 6.64. The van der Waals surface area contributed by atoms with Crippen molar-refractivity contribution in [3.63, 3.8) is 0 Å². The zero-order valence-electron chi connectivity index (χ0n) is 22.5. The Morgan fingerprint density at radius 1 is 0.825 bits per heavy atom. The van der Waals surface area contributed by atoms with Crippen LogP contribution in [0.3, 0.4) is 0 Å². The Kier molecular flexibility index (Phi) is 10.0. The van der Waals surface area contributed by atoms with Crippen molar-refractivity contribution in [3.8, 4) is 33.8 Å². The average molecular weight is 547 g/mol. The molecule has 0 aromatic heterocycles. The molecule has 6 heteroatoms. The van der Waals surface area contributed by atoms with Crippen molar-refractivity contribution in [1.29, 1.82) is 0 Å². The van der Waals surface area contributed by atoms with Crippen LogP contribution in [-0.2, 0) is 6.61 Å². The van der Waals surface area contributed by atoms with E-state index in [4.69, 9.17) is 9.47 Å². The number of hydrogen-bond donors (Lipinski definition) is 1. The van der Waals surface area contributed by atoms with Gasteiger partial charge in [-0.25, -0.2) is 8.78 Å². The van der Waals surface area contributed by atoms with E-state index in [1.807, 2.05) is 13.0 Å². The van der Waals surface area contributed by atoms with Crippen LogP contribution in [0.15, 0.2) is 91.5 Å². The van der Waals surface area contributed by atoms with Gasteiger partial charge in [-0.2, -0.15) is 4.39 Å². The van der Waals surface area contributed by atoms with E-state index in [1.165, 1.54) is 18.2 Å². The molecule has 40 heavy (non-hydrogen) atoms. The summed E-state index contributed by atoms with van der Waals surface area (Å²) in [6.07, 6.45) is 4.36. The third-order valence-electron chi connectivity index (χ3n) is 6.64. The first-order chi connectivity index (χ1) is 19.4. The summed E-state index contributed by atoms with van der Waals surface area (Å²) in [6.45, 7) is 6.16. The summed E-state index contributed by atoms with van der Waals surface area (Å²) in [5, 5.41) is 10.1. The zero-order chi connectivity index (χ0) is 28.5. The van der Waals surface area contributed by atoms with Gasteiger partial charge in [-0.1, -0.05) is 68.0 Å². The monoisotopic (exact) mass is 546 g/mol. The average Bonchev–Trinajstić information content (AvgIpc) is 2.97. The molecule has 0 aliphatic carbocycles. The van der Waals surface area contributed by atoms with Gasteiger partial charge in [0.15, 0.2) is 11.6 Å². The molecule has 1 unspecified atom stereocenters. The second-order valence-electron chi connectivity index (χ2n) is 9.57. The van der Waals surface area contributed by atoms with Crippen molar-refractivity contribution in [2.45, 2.75) is 45.3 Å². The highest BCUT2D eigenvalue weighted by atomic mass is 19.2. The van der Waals surface area contributed by atoms with Crippen LogP contribution >= 0.6 is 0 Å². The molecule has 4 aromatic carbocycles. The lowest BCUT2D eigenvalue weighted by atomic mass is 9.99. The van der Waals surface area contributed by atoms with Gasteiger partial charge in [-0.05, 0) is 65.8 Å². The van der Waals surface area contributed by atoms with E-state index in [9.17, 15) is 18.3 Å². The third kappa shape index (κ3) is 7.13. The molecular weight excluding hydrogens is 513 g/mol. The minimum absolute atomic E-state index is 0.0139. The van der Waals surface area contributed by atoms with Crippen LogP contribution in [0.2, 0.25) is 0 Å². The van der Waals surface area contributed by atoms with Gasteiger partial charge in [0, 0.05) is 17.2 Å². The molecule has 0 bridgehead atoms. The number of aliphatic hydroxyl groups excluding tert-OH is 1. The summed E-state index contributed by atoms with van der Waals surface area (Å²) in [7, 11) is 0. The second kappa shape index (κ2) is 13.9. The van der Waals surface area contributed by atoms with Crippen molar-refractivity contribution >= 4 is 0 Å². The fourth-order valence-electron chi connectivity index (χ4n) is 4.37. The highest BCUT2D eigenvalue weighted by Crippen LogP contribution is 2.32. The SMILES string of the molecule is C=CCCCOc1ccc(-c2ccc(COc3ccc(-c4ccc(C(O)CCC)cc4)c(F)c3F)cc2)c(F)c1. The standard InChI is InChI=1S/C34H33F3O3/c1-3-5-6-20-39-27-16-17-28(30(35)21-27)24-10-8-23(9-11-24)22-40-32-19-18-29(33(36)34(32)37)25-12-14-26(15-13-25)31(38)7-4-2/h3,8-19,21,31,38H,1,4-7,20,22H2,2H3. The number of halogens is 3. The number of hydrogen-bond acceptors (Lipinski definition) is 3. The molecule has 0 aliphatic heterocycles. The van der Waals surface area contributed by atoms with E-state index in [0.29, 0.717) is 35.5 Å². The zero-order valence-corrected chi connectivity index (χ0v) is 22.5. The van der Waals surface area contributed by atoms with Crippen molar-refractivity contribution in [1.82, 2.24) is 0 Å². The Labute approximate surface area is 233 Å². The molecule has 0 saturated carbocycles. The van der Waals surface area contributed by atoms with Gasteiger partial charge in [-0.15, -0.1) is 6.58 Å². The first kappa shape index (κ1) is 29.0. The topological polar surface area (TPSA) is 38.7 Å². The summed E-state index contributed by atoms with van der Waals surface area (Å²) < 4.78 is 55.6. The van der Waals surface area contributed by atoms with Crippen LogP contribution in [0, 0.1) is 17.5 Å². The largest absolute Gasteiger partial charge is 0.493 e. The minimum atomic E-state index is -1.07. The first-order valence-corrected chi connectivity index (χ1v) is 13.4. The summed E-state index contributed by atoms with van der Waals surface area (Å²) in [5.41, 5.74) is 3.18. The van der Waals surface area contributed by atoms with Gasteiger partial charge in [0.05, 0.1) is 12.7 Å². The smallest absolute Gasteiger partial charge is 0.201 e. The molecule has 4 rings (SSSR count). The Bertz CT molecular complexity index is 1420. The fraction of sp³-hybridized carbons (Fsp3) is 0.235. The molecule has 3 nitrogen and oxygen atoms in total. The predicted molar refractivity (Wildman–Crippen MR) is 153 cm³/mol. The van der Waals surface area contributed by atoms with E-state index in [-0.39, 0.29) is 17.9 Å². The van der Waals surface area contributed by atoms with Crippen LogP contribution < -0.4 is 9.47 Å². The van der Waals surface area contributed by atoms with Gasteiger partial charge in [0.25, 0.3) is 0 Å². The predicted octanol–water partition coefficient (Wildman–Crippen LogP) is 9.20. The summed E-state index contributed by atoms with van der Waals surface area (Å²) in [5.74, 6) is -2.19. The fourth-order valence-corrected chi connectivity index (χ4v) is 4.37. The normalized spacial score (nSPS) is 11.7. The van der Waals surface area contributed by atoms with Gasteiger partial charge in [0.1, 0.15) is 18.2 Å². The second-order valence-corrected chi connectivity index (χ2v) is 9.57. The number of allylic oxidation sites excluding steroid dienone is 1. The van der Waals surface area contributed by atoms with Gasteiger partial charge >= 0.3 is 0 Å². The number of aliphatic hydroxyl groups is 1. The Balaban J connectivity index is 1.39. The molecule has 0 aliphatic rings. The van der Waals surface area contributed by atoms with Crippen molar-refractivity contribution in [2.75, 3.05) is 6.61 Å². The number of ether oxygens (including phenoxy) is 2. The van der Waals surface area contributed by atoms with Crippen LogP contribution in [0.5, 0.6) is 11.5 Å². The highest BCUT2D eigenvalue weighted by molar-refractivity contribution is 5.66. The molecule has 0 amide bonds. The molecule has 0 fully saturated rings. The maximum absolute atomic E-state index is 14.9. The lowest BCUT2D eigenvalue weighted by Crippen LogP contribution is -2.01. The van der Waals surface area contributed by atoms with Crippen molar-refractivity contribution in [3.05, 3.63) is 120 Å². The lowest BCUT2D eigenvalue weighted by Gasteiger charge is -2.13. The van der Waals surface area contributed by atoms with Crippen molar-refractivity contribution in [2.24, 2.45) is 0 Å². The van der Waals surface area contributed by atoms with Crippen LogP contribution in [0.4, 0.5) is 13.2 Å². The van der Waals surface area contributed by atoms with Gasteiger partial charge in [0.2, 0.25) is 5.82 Å². The summed E-state index contributed by atoms with van der Waals surface area (Å²) in [6, 6.07) is 21.4. The van der Waals surface area contributed by atoms with E-state index in [2.05, 4.69) is 6.58 Å². The Morgan fingerprint density at radius 2 is 1.50 bits per heavy atom. The van der Waals surface area contributed by atoms with Crippen molar-refractivity contribution < 1.29 is 27.8 Å². The number of unbranched alkanes of at least 4 members (excludes halogenated alkanes) is 1. The quantitative estimate of drug-likeness (QED) is 0.134. The molecule has 0 radical (unpaired) electrons. The molecule has 1 N–H and O–H groups in total. The van der Waals surface area contributed by atoms with Gasteiger partial charge in [-0.3, -0.25) is 0 Å². The molecule has 4 aromatic rings. The first-order valence-electron chi connectivity index (χ1n) is 13.4. The van der Waals surface area contributed by atoms with E-state index in [0.717, 1.165) is 30.4 Å². The highest BCUT2D eigenvalue weighted by Gasteiger charge is 2.17. The molecule has 0 spiro atoms. The molecule has 0 heterocycles. The van der Waals surface area contributed by atoms with E-state index >= 15 is 0 Å². The maximum Gasteiger partial charge on any atom is 0.201 e. The van der Waals surface area contributed by atoms with E-state index in [1.54, 1.807) is 60.7 Å². The Hall–Kier alpha value is -4.03. The van der Waals surface area contributed by atoms with Gasteiger partial charge < -0.3 is 14.6 Å². The maximum atomic E-state index is 14.9. The van der Waals surface area contributed by atoms with Crippen LogP contribution in [-0.4, -0.2) is 11.7 Å². The summed E-state index contributed by atoms with van der Waals surface area (Å²) in [4.78, 5) is 0.